The predicted molar refractivity (Wildman–Crippen MR) is 105 cm³/mol. The monoisotopic (exact) mass is 382 g/mol. The fourth-order valence-electron chi connectivity index (χ4n) is 4.22. The van der Waals surface area contributed by atoms with Gasteiger partial charge in [0.15, 0.2) is 0 Å². The summed E-state index contributed by atoms with van der Waals surface area (Å²) in [5.41, 5.74) is 8.07. The number of fused-ring (bicyclic) bond motifs is 1. The Kier molecular flexibility index (Phi) is 4.77. The number of H-pyrrole nitrogens is 1. The maximum Gasteiger partial charge on any atom is 0.250 e. The van der Waals surface area contributed by atoms with Gasteiger partial charge in [-0.2, -0.15) is 0 Å². The second-order valence-corrected chi connectivity index (χ2v) is 7.52. The minimum atomic E-state index is -0.393. The summed E-state index contributed by atoms with van der Waals surface area (Å²) in [6.07, 6.45) is 4.25. The smallest absolute Gasteiger partial charge is 0.250 e. The molecule has 0 spiro atoms. The first-order valence-corrected chi connectivity index (χ1v) is 9.37. The Bertz CT molecular complexity index is 1090. The minimum absolute atomic E-state index is 0.0812. The van der Waals surface area contributed by atoms with Crippen molar-refractivity contribution in [1.82, 2.24) is 14.5 Å². The molecule has 0 saturated carbocycles. The Labute approximate surface area is 161 Å². The number of rotatable bonds is 4. The third-order valence-corrected chi connectivity index (χ3v) is 5.75. The lowest BCUT2D eigenvalue weighted by Gasteiger charge is -2.37. The molecule has 0 radical (unpaired) electrons. The first kappa shape index (κ1) is 18.4. The van der Waals surface area contributed by atoms with Gasteiger partial charge in [-0.1, -0.05) is 6.07 Å². The van der Waals surface area contributed by atoms with E-state index in [2.05, 4.69) is 9.88 Å². The number of carbonyl (C=O) groups is 1. The quantitative estimate of drug-likeness (QED) is 0.725. The number of amides is 1. The summed E-state index contributed by atoms with van der Waals surface area (Å²) in [5.74, 6) is -1.10. The van der Waals surface area contributed by atoms with E-state index in [0.717, 1.165) is 23.2 Å². The Balaban J connectivity index is 1.57. The number of aromatic amines is 1. The van der Waals surface area contributed by atoms with Gasteiger partial charge in [-0.15, -0.1) is 0 Å². The van der Waals surface area contributed by atoms with Crippen LogP contribution >= 0.6 is 0 Å². The summed E-state index contributed by atoms with van der Waals surface area (Å²) in [7, 11) is 1.70. The molecular formula is C21H23FN4O2. The van der Waals surface area contributed by atoms with Crippen LogP contribution in [0.1, 0.15) is 23.5 Å². The number of carbonyl (C=O) groups excluding carboxylic acids is 1. The fraction of sp³-hybridized carbons (Fsp3) is 0.333. The number of hydrogen-bond donors (Lipinski definition) is 2. The first-order chi connectivity index (χ1) is 13.4. The average Bonchev–Trinajstić information content (AvgIpc) is 3.08. The van der Waals surface area contributed by atoms with Gasteiger partial charge in [0, 0.05) is 49.5 Å². The van der Waals surface area contributed by atoms with Crippen LogP contribution in [0.5, 0.6) is 0 Å². The molecule has 7 heteroatoms. The van der Waals surface area contributed by atoms with Gasteiger partial charge >= 0.3 is 0 Å². The first-order valence-electron chi connectivity index (χ1n) is 9.37. The molecule has 1 aromatic carbocycles. The normalized spacial score (nSPS) is 20.5. The number of hydrogen-bond acceptors (Lipinski definition) is 3. The fourth-order valence-corrected chi connectivity index (χ4v) is 4.22. The van der Waals surface area contributed by atoms with Gasteiger partial charge in [0.05, 0.1) is 5.92 Å². The van der Waals surface area contributed by atoms with Crippen molar-refractivity contribution in [2.75, 3.05) is 13.1 Å². The molecule has 28 heavy (non-hydrogen) atoms. The molecule has 1 fully saturated rings. The molecular weight excluding hydrogens is 359 g/mol. The zero-order valence-corrected chi connectivity index (χ0v) is 15.7. The van der Waals surface area contributed by atoms with E-state index in [1.165, 1.54) is 10.6 Å². The van der Waals surface area contributed by atoms with Crippen LogP contribution in [-0.2, 0) is 18.4 Å². The molecule has 1 amide bonds. The van der Waals surface area contributed by atoms with Crippen LogP contribution in [-0.4, -0.2) is 33.4 Å². The number of nitrogens with two attached hydrogens (primary N) is 1. The molecule has 146 valence electrons. The second kappa shape index (κ2) is 7.24. The van der Waals surface area contributed by atoms with E-state index in [1.54, 1.807) is 25.4 Å². The summed E-state index contributed by atoms with van der Waals surface area (Å²) < 4.78 is 15.8. The molecule has 3 heterocycles. The van der Waals surface area contributed by atoms with Crippen LogP contribution in [0, 0.1) is 11.7 Å². The van der Waals surface area contributed by atoms with E-state index < -0.39 is 5.92 Å². The molecule has 2 unspecified atom stereocenters. The van der Waals surface area contributed by atoms with Crippen molar-refractivity contribution in [1.29, 1.82) is 0 Å². The van der Waals surface area contributed by atoms with Crippen molar-refractivity contribution in [2.45, 2.75) is 18.9 Å². The summed E-state index contributed by atoms with van der Waals surface area (Å²) in [6.45, 7) is 1.76. The predicted octanol–water partition coefficient (Wildman–Crippen LogP) is 2.10. The van der Waals surface area contributed by atoms with Crippen LogP contribution in [0.3, 0.4) is 0 Å². The van der Waals surface area contributed by atoms with E-state index in [1.807, 2.05) is 18.3 Å². The molecule has 0 bridgehead atoms. The number of pyridine rings is 1. The number of nitrogens with one attached hydrogen (secondary N) is 1. The lowest BCUT2D eigenvalue weighted by Crippen LogP contribution is -2.45. The lowest BCUT2D eigenvalue weighted by atomic mass is 9.80. The van der Waals surface area contributed by atoms with E-state index in [9.17, 15) is 14.0 Å². The summed E-state index contributed by atoms with van der Waals surface area (Å²) in [4.78, 5) is 29.4. The highest BCUT2D eigenvalue weighted by atomic mass is 19.1. The minimum Gasteiger partial charge on any atom is -0.369 e. The van der Waals surface area contributed by atoms with Crippen LogP contribution in [0.25, 0.3) is 10.9 Å². The molecule has 3 aromatic rings. The summed E-state index contributed by atoms with van der Waals surface area (Å²) in [5, 5.41) is 0.590. The van der Waals surface area contributed by atoms with Crippen LogP contribution in [0.15, 0.2) is 47.5 Å². The van der Waals surface area contributed by atoms with Gasteiger partial charge < -0.3 is 15.3 Å². The van der Waals surface area contributed by atoms with Crippen molar-refractivity contribution in [3.05, 3.63) is 70.0 Å². The number of primary amides is 1. The van der Waals surface area contributed by atoms with Crippen molar-refractivity contribution >= 4 is 16.8 Å². The maximum absolute atomic E-state index is 14.2. The van der Waals surface area contributed by atoms with Gasteiger partial charge in [0.25, 0.3) is 5.56 Å². The highest BCUT2D eigenvalue weighted by Crippen LogP contribution is 2.33. The van der Waals surface area contributed by atoms with Gasteiger partial charge in [0.2, 0.25) is 5.91 Å². The standard InChI is InChI=1S/C21H23FN4O2/c1-25-7-5-13(9-19(25)27)15-6-8-26(12-16(15)21(23)28)11-14-10-24-18-4-2-3-17(22)20(14)18/h2-5,7,9-10,15-16,24H,6,8,11-12H2,1H3,(H2,23,28). The van der Waals surface area contributed by atoms with E-state index >= 15 is 0 Å². The Morgan fingerprint density at radius 2 is 2.18 bits per heavy atom. The van der Waals surface area contributed by atoms with Crippen LogP contribution in [0.4, 0.5) is 4.39 Å². The number of likely N-dealkylation sites (tertiary alicyclic amines) is 1. The SMILES string of the molecule is Cn1ccc(C2CCN(Cc3c[nH]c4cccc(F)c34)CC2C(N)=O)cc1=O. The van der Waals surface area contributed by atoms with E-state index in [0.29, 0.717) is 24.9 Å². The Morgan fingerprint density at radius 3 is 2.93 bits per heavy atom. The van der Waals surface area contributed by atoms with Crippen LogP contribution < -0.4 is 11.3 Å². The number of piperidine rings is 1. The summed E-state index contributed by atoms with van der Waals surface area (Å²) in [6, 6.07) is 8.44. The number of halogens is 1. The highest BCUT2D eigenvalue weighted by Gasteiger charge is 2.34. The Morgan fingerprint density at radius 1 is 1.36 bits per heavy atom. The largest absolute Gasteiger partial charge is 0.369 e. The zero-order valence-electron chi connectivity index (χ0n) is 15.7. The van der Waals surface area contributed by atoms with Crippen molar-refractivity contribution in [2.24, 2.45) is 18.7 Å². The maximum atomic E-state index is 14.2. The molecule has 2 atom stereocenters. The highest BCUT2D eigenvalue weighted by molar-refractivity contribution is 5.83. The Hall–Kier alpha value is -2.93. The molecule has 6 nitrogen and oxygen atoms in total. The number of aryl methyl sites for hydroxylation is 1. The summed E-state index contributed by atoms with van der Waals surface area (Å²) >= 11 is 0. The third kappa shape index (κ3) is 3.33. The molecule has 3 N–H and O–H groups in total. The topological polar surface area (TPSA) is 84.1 Å². The van der Waals surface area contributed by atoms with Crippen molar-refractivity contribution in [3.63, 3.8) is 0 Å². The molecule has 1 aliphatic heterocycles. The molecule has 1 aliphatic rings. The average molecular weight is 382 g/mol. The second-order valence-electron chi connectivity index (χ2n) is 7.52. The third-order valence-electron chi connectivity index (χ3n) is 5.75. The molecule has 2 aromatic heterocycles. The van der Waals surface area contributed by atoms with Crippen LogP contribution in [0.2, 0.25) is 0 Å². The number of benzene rings is 1. The van der Waals surface area contributed by atoms with Gasteiger partial charge in [-0.05, 0) is 48.2 Å². The van der Waals surface area contributed by atoms with Gasteiger partial charge in [0.1, 0.15) is 5.82 Å². The van der Waals surface area contributed by atoms with E-state index in [-0.39, 0.29) is 23.2 Å². The molecule has 1 saturated heterocycles. The van der Waals surface area contributed by atoms with Crippen molar-refractivity contribution in [3.8, 4) is 0 Å². The molecule has 4 rings (SSSR count). The van der Waals surface area contributed by atoms with Gasteiger partial charge in [-0.3, -0.25) is 14.5 Å². The molecule has 0 aliphatic carbocycles. The lowest BCUT2D eigenvalue weighted by molar-refractivity contribution is -0.124. The van der Waals surface area contributed by atoms with E-state index in [4.69, 9.17) is 5.73 Å². The number of nitrogens with zero attached hydrogens (tertiary/aromatic N) is 2. The zero-order chi connectivity index (χ0) is 19.8. The van der Waals surface area contributed by atoms with Gasteiger partial charge in [-0.25, -0.2) is 4.39 Å². The van der Waals surface area contributed by atoms with Crippen molar-refractivity contribution < 1.29 is 9.18 Å². The number of aromatic nitrogens is 2.